The Balaban J connectivity index is 0.725. The van der Waals surface area contributed by atoms with Gasteiger partial charge in [-0.05, 0) is 93.2 Å². The van der Waals surface area contributed by atoms with Crippen LogP contribution < -0.4 is 25.2 Å². The van der Waals surface area contributed by atoms with Crippen molar-refractivity contribution in [3.8, 4) is 11.8 Å². The van der Waals surface area contributed by atoms with Crippen molar-refractivity contribution in [1.29, 1.82) is 5.26 Å². The quantitative estimate of drug-likeness (QED) is 0.300. The number of piperazine rings is 1. The molecule has 2 N–H and O–H groups in total. The zero-order valence-corrected chi connectivity index (χ0v) is 33.2. The van der Waals surface area contributed by atoms with Crippen molar-refractivity contribution in [2.75, 3.05) is 49.1 Å². The molecule has 306 valence electrons. The van der Waals surface area contributed by atoms with Crippen molar-refractivity contribution in [2.24, 2.45) is 17.8 Å². The van der Waals surface area contributed by atoms with Crippen molar-refractivity contribution >= 4 is 52.6 Å². The highest BCUT2D eigenvalue weighted by molar-refractivity contribution is 6.31. The van der Waals surface area contributed by atoms with Crippen LogP contribution in [0.4, 0.5) is 15.9 Å². The molecule has 6 aliphatic rings. The molecule has 5 fully saturated rings. The molecule has 1 aromatic heterocycles. The summed E-state index contributed by atoms with van der Waals surface area (Å²) in [4.78, 5) is 71.1. The number of rotatable bonds is 9. The van der Waals surface area contributed by atoms with E-state index < -0.39 is 35.5 Å². The zero-order valence-electron chi connectivity index (χ0n) is 32.4. The Hall–Kier alpha value is -5.66. The van der Waals surface area contributed by atoms with Gasteiger partial charge in [-0.25, -0.2) is 4.39 Å². The summed E-state index contributed by atoms with van der Waals surface area (Å²) < 4.78 is 21.6. The fraction of sp³-hybridized carbons (Fsp3) is 0.476. The lowest BCUT2D eigenvalue weighted by molar-refractivity contribution is -0.136. The minimum Gasteiger partial charge on any atom is -0.490 e. The second-order valence-corrected chi connectivity index (χ2v) is 17.0. The Morgan fingerprint density at radius 1 is 0.949 bits per heavy atom. The zero-order chi connectivity index (χ0) is 41.1. The van der Waals surface area contributed by atoms with E-state index in [0.29, 0.717) is 47.2 Å². The number of amides is 5. The van der Waals surface area contributed by atoms with Gasteiger partial charge in [0.1, 0.15) is 23.7 Å². The van der Waals surface area contributed by atoms with Gasteiger partial charge in [-0.2, -0.15) is 5.26 Å². The summed E-state index contributed by atoms with van der Waals surface area (Å²) in [6.45, 7) is 6.80. The first kappa shape index (κ1) is 38.8. The number of ether oxygens (including phenoxy) is 1. The average Bonchev–Trinajstić information content (AvgIpc) is 3.53. The van der Waals surface area contributed by atoms with Gasteiger partial charge in [0.05, 0.1) is 33.5 Å². The molecule has 0 bridgehead atoms. The van der Waals surface area contributed by atoms with Crippen LogP contribution in [0.5, 0.6) is 5.75 Å². The lowest BCUT2D eigenvalue weighted by Gasteiger charge is -2.40. The first-order valence-electron chi connectivity index (χ1n) is 20.3. The van der Waals surface area contributed by atoms with Crippen LogP contribution in [0, 0.1) is 34.9 Å². The molecular formula is C42H43ClFN9O6. The number of nitrogens with zero attached hydrogens (tertiary/aromatic N) is 7. The number of nitrogens with one attached hydrogen (secondary N) is 2. The maximum absolute atomic E-state index is 15.5. The first-order valence-corrected chi connectivity index (χ1v) is 20.6. The molecule has 3 aromatic rings. The maximum Gasteiger partial charge on any atom is 0.272 e. The number of carbonyl (C=O) groups is 5. The summed E-state index contributed by atoms with van der Waals surface area (Å²) >= 11 is 6.14. The van der Waals surface area contributed by atoms with Crippen molar-refractivity contribution in [3.63, 3.8) is 0 Å². The standard InChI is InChI=1S/C42H43ClFN9O6/c1-22-18-51(37-10-8-34(48-49-37)39(55)46-24-3-6-25(7-4-24)59-26-5-2-23(17-45)32(43)14-26)13-12-50(22)19-29-30-20-52(21-31(29)30)36-16-28-27(15-33(36)44)41(57)53(42(28)58)35-9-11-38(54)47-40(35)56/h2,5,8,10,14-16,22,24-25,29-31,35H,3-4,6-7,9,11-13,18-21H2,1H3,(H,46,55)(H,47,54,56)/t22-,24?,25?,29?,30-,31+,35?/m1/s1. The molecule has 3 saturated heterocycles. The Morgan fingerprint density at radius 3 is 2.36 bits per heavy atom. The fourth-order valence-electron chi connectivity index (χ4n) is 9.64. The Kier molecular flexibility index (Phi) is 10.2. The van der Waals surface area contributed by atoms with E-state index in [1.165, 1.54) is 6.07 Å². The molecule has 15 nitrogen and oxygen atoms in total. The molecule has 5 amide bonds. The smallest absolute Gasteiger partial charge is 0.272 e. The normalized spacial score (nSPS) is 27.9. The number of carbonyl (C=O) groups excluding carboxylic acids is 5. The highest BCUT2D eigenvalue weighted by Gasteiger charge is 2.57. The van der Waals surface area contributed by atoms with E-state index in [4.69, 9.17) is 21.6 Å². The van der Waals surface area contributed by atoms with E-state index in [9.17, 15) is 24.0 Å². The second kappa shape index (κ2) is 15.5. The van der Waals surface area contributed by atoms with E-state index in [1.54, 1.807) is 24.3 Å². The summed E-state index contributed by atoms with van der Waals surface area (Å²) in [5, 5.41) is 23.4. The highest BCUT2D eigenvalue weighted by Crippen LogP contribution is 2.53. The van der Waals surface area contributed by atoms with E-state index in [0.717, 1.165) is 68.6 Å². The lowest BCUT2D eigenvalue weighted by Crippen LogP contribution is -2.54. The van der Waals surface area contributed by atoms with Gasteiger partial charge in [0, 0.05) is 63.8 Å². The molecule has 9 rings (SSSR count). The van der Waals surface area contributed by atoms with E-state index in [2.05, 4.69) is 37.6 Å². The van der Waals surface area contributed by atoms with Crippen LogP contribution in [0.1, 0.15) is 82.2 Å². The molecular weight excluding hydrogens is 781 g/mol. The van der Waals surface area contributed by atoms with Crippen molar-refractivity contribution in [3.05, 3.63) is 75.7 Å². The number of aromatic nitrogens is 2. The van der Waals surface area contributed by atoms with Crippen LogP contribution in [0.3, 0.4) is 0 Å². The van der Waals surface area contributed by atoms with Gasteiger partial charge in [-0.3, -0.25) is 39.1 Å². The van der Waals surface area contributed by atoms with Crippen LogP contribution >= 0.6 is 11.6 Å². The minimum absolute atomic E-state index is 0.00323. The summed E-state index contributed by atoms with van der Waals surface area (Å²) in [6, 6.07) is 12.4. The molecule has 17 heteroatoms. The van der Waals surface area contributed by atoms with Gasteiger partial charge in [0.15, 0.2) is 11.5 Å². The Labute approximate surface area is 344 Å². The molecule has 4 aliphatic heterocycles. The average molecular weight is 824 g/mol. The number of imide groups is 2. The second-order valence-electron chi connectivity index (χ2n) is 16.6. The summed E-state index contributed by atoms with van der Waals surface area (Å²) in [6.07, 6.45) is 3.14. The van der Waals surface area contributed by atoms with Gasteiger partial charge in [-0.15, -0.1) is 10.2 Å². The van der Waals surface area contributed by atoms with Crippen LogP contribution in [-0.2, 0) is 9.59 Å². The molecule has 0 radical (unpaired) electrons. The number of benzene rings is 2. The molecule has 2 aliphatic carbocycles. The molecule has 2 aromatic carbocycles. The number of hydrogen-bond acceptors (Lipinski definition) is 12. The van der Waals surface area contributed by atoms with Crippen molar-refractivity contribution in [1.82, 2.24) is 30.6 Å². The largest absolute Gasteiger partial charge is 0.490 e. The van der Waals surface area contributed by atoms with Crippen molar-refractivity contribution in [2.45, 2.75) is 69.7 Å². The third-order valence-corrected chi connectivity index (χ3v) is 13.3. The number of hydrogen-bond donors (Lipinski definition) is 2. The number of halogens is 2. The number of anilines is 2. The number of piperidine rings is 2. The minimum atomic E-state index is -1.10. The van der Waals surface area contributed by atoms with Gasteiger partial charge in [0.25, 0.3) is 17.7 Å². The van der Waals surface area contributed by atoms with Crippen LogP contribution in [-0.4, -0.2) is 113 Å². The third-order valence-electron chi connectivity index (χ3n) is 13.0. The molecule has 5 atom stereocenters. The van der Waals surface area contributed by atoms with Gasteiger partial charge >= 0.3 is 0 Å². The monoisotopic (exact) mass is 823 g/mol. The summed E-state index contributed by atoms with van der Waals surface area (Å²) in [5.74, 6) is -0.724. The number of nitriles is 1. The Morgan fingerprint density at radius 2 is 1.69 bits per heavy atom. The number of fused-ring (bicyclic) bond motifs is 2. The highest BCUT2D eigenvalue weighted by atomic mass is 35.5. The summed E-state index contributed by atoms with van der Waals surface area (Å²) in [7, 11) is 0. The van der Waals surface area contributed by atoms with E-state index >= 15 is 4.39 Å². The lowest BCUT2D eigenvalue weighted by atomic mass is 9.93. The molecule has 5 heterocycles. The van der Waals surface area contributed by atoms with Crippen LogP contribution in [0.15, 0.2) is 42.5 Å². The van der Waals surface area contributed by atoms with E-state index in [1.807, 2.05) is 17.0 Å². The van der Waals surface area contributed by atoms with Gasteiger partial charge in [0.2, 0.25) is 11.8 Å². The van der Waals surface area contributed by atoms with Crippen molar-refractivity contribution < 1.29 is 33.1 Å². The SMILES string of the molecule is C[C@@H]1CN(c2ccc(C(=O)NC3CCC(Oc4ccc(C#N)c(Cl)c4)CC3)nn2)CCN1CC1[C@H]2CN(c3cc4c(cc3F)C(=O)N(C3CCC(=O)NC3=O)C4=O)C[C@@H]12. The van der Waals surface area contributed by atoms with Crippen LogP contribution in [0.2, 0.25) is 5.02 Å². The molecule has 2 unspecified atom stereocenters. The maximum atomic E-state index is 15.5. The predicted octanol–water partition coefficient (Wildman–Crippen LogP) is 3.55. The summed E-state index contributed by atoms with van der Waals surface area (Å²) in [5.41, 5.74) is 0.984. The predicted molar refractivity (Wildman–Crippen MR) is 211 cm³/mol. The molecule has 0 spiro atoms. The van der Waals surface area contributed by atoms with Gasteiger partial charge < -0.3 is 19.9 Å². The molecule has 2 saturated carbocycles. The van der Waals surface area contributed by atoms with Gasteiger partial charge in [-0.1, -0.05) is 11.6 Å². The fourth-order valence-corrected chi connectivity index (χ4v) is 9.85. The molecule has 59 heavy (non-hydrogen) atoms. The van der Waals surface area contributed by atoms with Crippen LogP contribution in [0.25, 0.3) is 0 Å². The van der Waals surface area contributed by atoms with E-state index in [-0.39, 0.29) is 59.4 Å². The third kappa shape index (κ3) is 7.46. The Bertz CT molecular complexity index is 2270. The first-order chi connectivity index (χ1) is 28.4. The topological polar surface area (TPSA) is 181 Å².